The van der Waals surface area contributed by atoms with E-state index in [-0.39, 0.29) is 4.87 Å². The van der Waals surface area contributed by atoms with Gasteiger partial charge in [0.2, 0.25) is 0 Å². The molecule has 0 aliphatic carbocycles. The number of rotatable bonds is 6. The molecule has 2 unspecified atom stereocenters. The van der Waals surface area contributed by atoms with Gasteiger partial charge in [-0.25, -0.2) is 0 Å². The number of H-pyrrole nitrogens is 1. The van der Waals surface area contributed by atoms with E-state index in [2.05, 4.69) is 29.0 Å². The average Bonchev–Trinajstić information content (AvgIpc) is 2.82. The molecule has 1 aromatic rings. The van der Waals surface area contributed by atoms with Crippen LogP contribution < -0.4 is 10.2 Å². The Morgan fingerprint density at radius 1 is 1.63 bits per heavy atom. The highest BCUT2D eigenvalue weighted by Gasteiger charge is 2.23. The molecule has 5 heteroatoms. The van der Waals surface area contributed by atoms with E-state index in [1.807, 2.05) is 5.38 Å². The minimum Gasteiger partial charge on any atom is -0.315 e. The van der Waals surface area contributed by atoms with Crippen LogP contribution in [-0.2, 0) is 6.54 Å². The zero-order valence-electron chi connectivity index (χ0n) is 11.9. The van der Waals surface area contributed by atoms with Crippen LogP contribution in [0.5, 0.6) is 0 Å². The summed E-state index contributed by atoms with van der Waals surface area (Å²) < 4.78 is 0. The van der Waals surface area contributed by atoms with Gasteiger partial charge in [0.15, 0.2) is 0 Å². The maximum Gasteiger partial charge on any atom is 0.304 e. The van der Waals surface area contributed by atoms with E-state index in [4.69, 9.17) is 0 Å². The molecule has 2 N–H and O–H groups in total. The molecule has 108 valence electrons. The molecule has 2 rings (SSSR count). The van der Waals surface area contributed by atoms with Crippen LogP contribution in [0.3, 0.4) is 0 Å². The van der Waals surface area contributed by atoms with Crippen LogP contribution in [-0.4, -0.2) is 35.6 Å². The van der Waals surface area contributed by atoms with E-state index in [0.717, 1.165) is 18.2 Å². The van der Waals surface area contributed by atoms with E-state index >= 15 is 0 Å². The summed E-state index contributed by atoms with van der Waals surface area (Å²) >= 11 is 1.24. The summed E-state index contributed by atoms with van der Waals surface area (Å²) in [5.41, 5.74) is 1.00. The number of likely N-dealkylation sites (tertiary alicyclic amines) is 1. The fraction of sp³-hybridized carbons (Fsp3) is 0.786. The molecule has 0 spiro atoms. The second-order valence-corrected chi connectivity index (χ2v) is 6.39. The summed E-state index contributed by atoms with van der Waals surface area (Å²) in [6, 6.07) is 0.503. The van der Waals surface area contributed by atoms with Crippen molar-refractivity contribution in [3.63, 3.8) is 0 Å². The Labute approximate surface area is 119 Å². The number of aromatic nitrogens is 1. The normalized spacial score (nSPS) is 22.5. The lowest BCUT2D eigenvalue weighted by Crippen LogP contribution is -2.44. The summed E-state index contributed by atoms with van der Waals surface area (Å²) in [5.74, 6) is 0.727. The number of hydrogen-bond acceptors (Lipinski definition) is 4. The molecule has 1 fully saturated rings. The molecule has 1 saturated heterocycles. The van der Waals surface area contributed by atoms with Gasteiger partial charge in [-0.2, -0.15) is 0 Å². The maximum atomic E-state index is 11.1. The Kier molecular flexibility index (Phi) is 5.60. The highest BCUT2D eigenvalue weighted by molar-refractivity contribution is 7.07. The van der Waals surface area contributed by atoms with Crippen molar-refractivity contribution in [2.24, 2.45) is 5.92 Å². The fourth-order valence-electron chi connectivity index (χ4n) is 2.86. The highest BCUT2D eigenvalue weighted by Crippen LogP contribution is 2.20. The van der Waals surface area contributed by atoms with Crippen LogP contribution in [0.4, 0.5) is 0 Å². The molecule has 2 atom stereocenters. The molecule has 0 amide bonds. The van der Waals surface area contributed by atoms with Crippen molar-refractivity contribution in [2.45, 2.75) is 45.7 Å². The van der Waals surface area contributed by atoms with Gasteiger partial charge < -0.3 is 15.2 Å². The average molecular weight is 283 g/mol. The number of piperidine rings is 1. The predicted molar refractivity (Wildman–Crippen MR) is 80.7 cm³/mol. The Bertz CT molecular complexity index is 426. The second kappa shape index (κ2) is 7.22. The summed E-state index contributed by atoms with van der Waals surface area (Å²) in [6.07, 6.45) is 3.87. The third kappa shape index (κ3) is 4.44. The van der Waals surface area contributed by atoms with E-state index in [1.165, 1.54) is 50.2 Å². The first-order valence-corrected chi connectivity index (χ1v) is 8.19. The van der Waals surface area contributed by atoms with Crippen LogP contribution in [0.15, 0.2) is 10.2 Å². The summed E-state index contributed by atoms with van der Waals surface area (Å²) in [6.45, 7) is 8.98. The first kappa shape index (κ1) is 14.8. The number of hydrogen-bond donors (Lipinski definition) is 2. The third-order valence-corrected chi connectivity index (χ3v) is 4.69. The lowest BCUT2D eigenvalue weighted by atomic mass is 9.91. The van der Waals surface area contributed by atoms with Crippen LogP contribution in [0.1, 0.15) is 38.8 Å². The van der Waals surface area contributed by atoms with Crippen molar-refractivity contribution in [1.29, 1.82) is 0 Å². The first-order valence-electron chi connectivity index (χ1n) is 7.31. The fourth-order valence-corrected chi connectivity index (χ4v) is 3.44. The molecule has 0 radical (unpaired) electrons. The minimum atomic E-state index is 0.0382. The maximum absolute atomic E-state index is 11.1. The van der Waals surface area contributed by atoms with Crippen LogP contribution >= 0.6 is 11.3 Å². The predicted octanol–water partition coefficient (Wildman–Crippen LogP) is 2.04. The molecule has 0 aromatic carbocycles. The van der Waals surface area contributed by atoms with Gasteiger partial charge in [-0.15, -0.1) is 0 Å². The lowest BCUT2D eigenvalue weighted by molar-refractivity contribution is 0.150. The highest BCUT2D eigenvalue weighted by atomic mass is 32.1. The van der Waals surface area contributed by atoms with Gasteiger partial charge in [0.05, 0.1) is 0 Å². The quantitative estimate of drug-likeness (QED) is 0.840. The third-order valence-electron chi connectivity index (χ3n) is 3.97. The molecule has 0 saturated carbocycles. The van der Waals surface area contributed by atoms with Gasteiger partial charge in [0.1, 0.15) is 0 Å². The topological polar surface area (TPSA) is 48.1 Å². The van der Waals surface area contributed by atoms with Gasteiger partial charge in [0, 0.05) is 30.2 Å². The zero-order valence-corrected chi connectivity index (χ0v) is 12.8. The first-order chi connectivity index (χ1) is 9.19. The molecule has 1 aromatic heterocycles. The molecule has 2 heterocycles. The van der Waals surface area contributed by atoms with Gasteiger partial charge in [-0.05, 0) is 45.2 Å². The standard InChI is InChI=1S/C14H25N3OS/c1-3-6-17-7-4-5-12(9-17)11(2)15-8-13-10-19-14(18)16-13/h10-12,15H,3-9H2,1-2H3,(H,16,18). The number of nitrogens with zero attached hydrogens (tertiary/aromatic N) is 1. The SMILES string of the molecule is CCCN1CCCC(C(C)NCc2csc(=O)[nH]2)C1. The van der Waals surface area contributed by atoms with Crippen molar-refractivity contribution < 1.29 is 0 Å². The van der Waals surface area contributed by atoms with E-state index in [1.54, 1.807) is 0 Å². The van der Waals surface area contributed by atoms with Crippen molar-refractivity contribution in [1.82, 2.24) is 15.2 Å². The van der Waals surface area contributed by atoms with Gasteiger partial charge >= 0.3 is 4.87 Å². The Balaban J connectivity index is 1.78. The monoisotopic (exact) mass is 283 g/mol. The van der Waals surface area contributed by atoms with Gasteiger partial charge in [-0.3, -0.25) is 4.79 Å². The number of thiazole rings is 1. The molecular formula is C14H25N3OS. The minimum absolute atomic E-state index is 0.0382. The molecule has 1 aliphatic heterocycles. The largest absolute Gasteiger partial charge is 0.315 e. The smallest absolute Gasteiger partial charge is 0.304 e. The van der Waals surface area contributed by atoms with Crippen molar-refractivity contribution in [3.8, 4) is 0 Å². The van der Waals surface area contributed by atoms with Crippen LogP contribution in [0, 0.1) is 5.92 Å². The van der Waals surface area contributed by atoms with E-state index < -0.39 is 0 Å². The summed E-state index contributed by atoms with van der Waals surface area (Å²) in [4.78, 5) is 16.6. The Morgan fingerprint density at radius 2 is 2.47 bits per heavy atom. The van der Waals surface area contributed by atoms with Gasteiger partial charge in [0.25, 0.3) is 0 Å². The number of aromatic amines is 1. The molecule has 4 nitrogen and oxygen atoms in total. The number of nitrogens with one attached hydrogen (secondary N) is 2. The van der Waals surface area contributed by atoms with Crippen molar-refractivity contribution in [3.05, 3.63) is 20.7 Å². The molecule has 19 heavy (non-hydrogen) atoms. The zero-order chi connectivity index (χ0) is 13.7. The van der Waals surface area contributed by atoms with Gasteiger partial charge in [-0.1, -0.05) is 18.3 Å². The molecule has 0 bridgehead atoms. The Hall–Kier alpha value is -0.650. The van der Waals surface area contributed by atoms with Crippen molar-refractivity contribution in [2.75, 3.05) is 19.6 Å². The Morgan fingerprint density at radius 3 is 3.16 bits per heavy atom. The van der Waals surface area contributed by atoms with Crippen molar-refractivity contribution >= 4 is 11.3 Å². The van der Waals surface area contributed by atoms with Crippen LogP contribution in [0.2, 0.25) is 0 Å². The summed E-state index contributed by atoms with van der Waals surface area (Å²) in [5, 5.41) is 5.46. The van der Waals surface area contributed by atoms with E-state index in [0.29, 0.717) is 6.04 Å². The van der Waals surface area contributed by atoms with E-state index in [9.17, 15) is 4.79 Å². The molecular weight excluding hydrogens is 258 g/mol. The second-order valence-electron chi connectivity index (χ2n) is 5.55. The van der Waals surface area contributed by atoms with Crippen LogP contribution in [0.25, 0.3) is 0 Å². The lowest BCUT2D eigenvalue weighted by Gasteiger charge is -2.36. The summed E-state index contributed by atoms with van der Waals surface area (Å²) in [7, 11) is 0. The molecule has 1 aliphatic rings.